The number of carbonyl (C=O) groups excluding carboxylic acids is 2. The van der Waals surface area contributed by atoms with E-state index >= 15 is 0 Å². The average Bonchev–Trinajstić information content (AvgIpc) is 2.52. The molecule has 0 radical (unpaired) electrons. The van der Waals surface area contributed by atoms with Gasteiger partial charge < -0.3 is 19.7 Å². The molecule has 25 heavy (non-hydrogen) atoms. The SMILES string of the molecule is CCCOc1c(Cl)cc(C(=O)N(C)CC(=O)NC(C)C)cc1OCC. The number of rotatable bonds is 9. The van der Waals surface area contributed by atoms with E-state index in [1.807, 2.05) is 27.7 Å². The molecule has 0 spiro atoms. The van der Waals surface area contributed by atoms with Gasteiger partial charge in [0, 0.05) is 18.7 Å². The molecular formula is C18H27ClN2O4. The van der Waals surface area contributed by atoms with Crippen molar-refractivity contribution in [3.05, 3.63) is 22.7 Å². The molecule has 0 bridgehead atoms. The van der Waals surface area contributed by atoms with Crippen LogP contribution in [0, 0.1) is 0 Å². The summed E-state index contributed by atoms with van der Waals surface area (Å²) in [5.41, 5.74) is 0.345. The number of hydrogen-bond acceptors (Lipinski definition) is 4. The standard InChI is InChI=1S/C18H27ClN2O4/c1-6-8-25-17-14(19)9-13(10-15(17)24-7-2)18(23)21(5)11-16(22)20-12(3)4/h9-10,12H,6-8,11H2,1-5H3,(H,20,22). The molecule has 0 saturated carbocycles. The summed E-state index contributed by atoms with van der Waals surface area (Å²) < 4.78 is 11.2. The minimum absolute atomic E-state index is 0.0185. The lowest BCUT2D eigenvalue weighted by Crippen LogP contribution is -2.40. The highest BCUT2D eigenvalue weighted by Gasteiger charge is 2.20. The van der Waals surface area contributed by atoms with Crippen molar-refractivity contribution in [2.75, 3.05) is 26.8 Å². The van der Waals surface area contributed by atoms with Crippen molar-refractivity contribution in [2.45, 2.75) is 40.2 Å². The predicted octanol–water partition coefficient (Wildman–Crippen LogP) is 3.12. The van der Waals surface area contributed by atoms with Crippen LogP contribution in [0.1, 0.15) is 44.5 Å². The van der Waals surface area contributed by atoms with E-state index in [9.17, 15) is 9.59 Å². The average molecular weight is 371 g/mol. The monoisotopic (exact) mass is 370 g/mol. The molecule has 1 aromatic carbocycles. The molecule has 1 rings (SSSR count). The Morgan fingerprint density at radius 3 is 2.48 bits per heavy atom. The summed E-state index contributed by atoms with van der Waals surface area (Å²) in [5.74, 6) is 0.322. The highest BCUT2D eigenvalue weighted by molar-refractivity contribution is 6.32. The summed E-state index contributed by atoms with van der Waals surface area (Å²) in [6.45, 7) is 8.45. The van der Waals surface area contributed by atoms with Gasteiger partial charge in [0.1, 0.15) is 0 Å². The Kier molecular flexibility index (Phi) is 8.55. The summed E-state index contributed by atoms with van der Waals surface area (Å²) >= 11 is 6.27. The van der Waals surface area contributed by atoms with Gasteiger partial charge in [-0.25, -0.2) is 0 Å². The van der Waals surface area contributed by atoms with Gasteiger partial charge in [0.2, 0.25) is 5.91 Å². The fraction of sp³-hybridized carbons (Fsp3) is 0.556. The second-order valence-electron chi connectivity index (χ2n) is 5.95. The number of carbonyl (C=O) groups is 2. The van der Waals surface area contributed by atoms with Crippen molar-refractivity contribution in [1.29, 1.82) is 0 Å². The molecule has 7 heteroatoms. The van der Waals surface area contributed by atoms with Gasteiger partial charge >= 0.3 is 0 Å². The molecule has 0 aliphatic heterocycles. The van der Waals surface area contributed by atoms with Crippen LogP contribution in [0.5, 0.6) is 11.5 Å². The summed E-state index contributed by atoms with van der Waals surface area (Å²) in [7, 11) is 1.57. The molecule has 1 N–H and O–H groups in total. The van der Waals surface area contributed by atoms with Crippen LogP contribution in [-0.4, -0.2) is 49.6 Å². The summed E-state index contributed by atoms with van der Waals surface area (Å²) in [6.07, 6.45) is 0.830. The fourth-order valence-electron chi connectivity index (χ4n) is 2.17. The Balaban J connectivity index is 2.99. The number of amides is 2. The Labute approximate surface area is 154 Å². The van der Waals surface area contributed by atoms with E-state index in [-0.39, 0.29) is 24.4 Å². The van der Waals surface area contributed by atoms with Gasteiger partial charge in [-0.2, -0.15) is 0 Å². The Morgan fingerprint density at radius 1 is 1.24 bits per heavy atom. The highest BCUT2D eigenvalue weighted by atomic mass is 35.5. The minimum atomic E-state index is -0.316. The van der Waals surface area contributed by atoms with Crippen LogP contribution in [0.25, 0.3) is 0 Å². The highest BCUT2D eigenvalue weighted by Crippen LogP contribution is 2.37. The first-order valence-electron chi connectivity index (χ1n) is 8.44. The van der Waals surface area contributed by atoms with Crippen LogP contribution in [-0.2, 0) is 4.79 Å². The van der Waals surface area contributed by atoms with E-state index in [2.05, 4.69) is 5.32 Å². The first-order chi connectivity index (χ1) is 11.8. The van der Waals surface area contributed by atoms with Crippen LogP contribution in [0.3, 0.4) is 0 Å². The smallest absolute Gasteiger partial charge is 0.254 e. The Hall–Kier alpha value is -1.95. The molecule has 0 fully saturated rings. The lowest BCUT2D eigenvalue weighted by atomic mass is 10.1. The molecule has 0 atom stereocenters. The quantitative estimate of drug-likeness (QED) is 0.725. The molecule has 6 nitrogen and oxygen atoms in total. The first kappa shape index (κ1) is 21.1. The zero-order chi connectivity index (χ0) is 19.0. The van der Waals surface area contributed by atoms with Crippen LogP contribution in [0.15, 0.2) is 12.1 Å². The van der Waals surface area contributed by atoms with Crippen molar-refractivity contribution in [2.24, 2.45) is 0 Å². The van der Waals surface area contributed by atoms with E-state index in [4.69, 9.17) is 21.1 Å². The fourth-order valence-corrected chi connectivity index (χ4v) is 2.44. The minimum Gasteiger partial charge on any atom is -0.490 e. The molecule has 0 aliphatic carbocycles. The molecule has 1 aromatic rings. The number of nitrogens with one attached hydrogen (secondary N) is 1. The molecule has 0 aliphatic rings. The van der Waals surface area contributed by atoms with E-state index in [1.165, 1.54) is 11.0 Å². The molecule has 140 valence electrons. The predicted molar refractivity (Wildman–Crippen MR) is 98.6 cm³/mol. The third-order valence-electron chi connectivity index (χ3n) is 3.18. The molecule has 0 unspecified atom stereocenters. The van der Waals surface area contributed by atoms with Crippen LogP contribution in [0.4, 0.5) is 0 Å². The van der Waals surface area contributed by atoms with Gasteiger partial charge in [-0.3, -0.25) is 9.59 Å². The molecule has 0 aromatic heterocycles. The first-order valence-corrected chi connectivity index (χ1v) is 8.81. The largest absolute Gasteiger partial charge is 0.490 e. The molecular weight excluding hydrogens is 344 g/mol. The van der Waals surface area contributed by atoms with Crippen molar-refractivity contribution in [1.82, 2.24) is 10.2 Å². The van der Waals surface area contributed by atoms with Crippen LogP contribution in [0.2, 0.25) is 5.02 Å². The molecule has 0 saturated heterocycles. The van der Waals surface area contributed by atoms with Gasteiger partial charge in [0.05, 0.1) is 24.8 Å². The van der Waals surface area contributed by atoms with E-state index in [0.29, 0.717) is 35.3 Å². The molecule has 2 amide bonds. The number of benzene rings is 1. The van der Waals surface area contributed by atoms with Crippen molar-refractivity contribution < 1.29 is 19.1 Å². The lowest BCUT2D eigenvalue weighted by molar-refractivity contribution is -0.122. The van der Waals surface area contributed by atoms with Gasteiger partial charge in [-0.15, -0.1) is 0 Å². The molecule has 0 heterocycles. The van der Waals surface area contributed by atoms with E-state index < -0.39 is 0 Å². The van der Waals surface area contributed by atoms with Crippen LogP contribution >= 0.6 is 11.6 Å². The van der Waals surface area contributed by atoms with E-state index in [1.54, 1.807) is 13.1 Å². The number of likely N-dealkylation sites (N-methyl/N-ethyl adjacent to an activating group) is 1. The number of hydrogen-bond donors (Lipinski definition) is 1. The van der Waals surface area contributed by atoms with Crippen molar-refractivity contribution in [3.63, 3.8) is 0 Å². The van der Waals surface area contributed by atoms with Crippen molar-refractivity contribution >= 4 is 23.4 Å². The maximum atomic E-state index is 12.6. The second kappa shape index (κ2) is 10.1. The number of halogens is 1. The van der Waals surface area contributed by atoms with Gasteiger partial charge in [-0.1, -0.05) is 18.5 Å². The summed E-state index contributed by atoms with van der Waals surface area (Å²) in [6, 6.07) is 3.15. The Bertz CT molecular complexity index is 605. The topological polar surface area (TPSA) is 67.9 Å². The lowest BCUT2D eigenvalue weighted by Gasteiger charge is -2.19. The maximum absolute atomic E-state index is 12.6. The van der Waals surface area contributed by atoms with Gasteiger partial charge in [0.25, 0.3) is 5.91 Å². The third-order valence-corrected chi connectivity index (χ3v) is 3.46. The normalized spacial score (nSPS) is 10.5. The van der Waals surface area contributed by atoms with Gasteiger partial charge in [-0.05, 0) is 39.3 Å². The summed E-state index contributed by atoms with van der Waals surface area (Å²) in [5, 5.41) is 3.06. The maximum Gasteiger partial charge on any atom is 0.254 e. The number of ether oxygens (including phenoxy) is 2. The second-order valence-corrected chi connectivity index (χ2v) is 6.36. The zero-order valence-corrected chi connectivity index (χ0v) is 16.3. The Morgan fingerprint density at radius 2 is 1.92 bits per heavy atom. The zero-order valence-electron chi connectivity index (χ0n) is 15.5. The van der Waals surface area contributed by atoms with Gasteiger partial charge in [0.15, 0.2) is 11.5 Å². The summed E-state index contributed by atoms with van der Waals surface area (Å²) in [4.78, 5) is 25.8. The third kappa shape index (κ3) is 6.46. The van der Waals surface area contributed by atoms with E-state index in [0.717, 1.165) is 6.42 Å². The van der Waals surface area contributed by atoms with Crippen LogP contribution < -0.4 is 14.8 Å². The number of nitrogens with zero attached hydrogens (tertiary/aromatic N) is 1. The van der Waals surface area contributed by atoms with Crippen molar-refractivity contribution in [3.8, 4) is 11.5 Å².